The number of nitrogens with zero attached hydrogens (tertiary/aromatic N) is 1. The van der Waals surface area contributed by atoms with Crippen LogP contribution < -0.4 is 20.9 Å². The number of primary amides is 1. The molecular weight excluding hydrogens is 545 g/mol. The second-order valence-corrected chi connectivity index (χ2v) is 10.4. The van der Waals surface area contributed by atoms with Crippen molar-refractivity contribution in [1.82, 2.24) is 10.3 Å². The topological polar surface area (TPSA) is 137 Å². The fourth-order valence-corrected chi connectivity index (χ4v) is 4.36. The van der Waals surface area contributed by atoms with Crippen molar-refractivity contribution in [3.8, 4) is 22.8 Å². The minimum Gasteiger partial charge on any atom is -0.457 e. The van der Waals surface area contributed by atoms with Crippen molar-refractivity contribution in [2.75, 3.05) is 6.54 Å². The predicted octanol–water partition coefficient (Wildman–Crippen LogP) is 4.64. The second-order valence-electron chi connectivity index (χ2n) is 8.83. The Balaban J connectivity index is 1.46. The van der Waals surface area contributed by atoms with E-state index in [1.54, 1.807) is 48.5 Å². The van der Waals surface area contributed by atoms with Crippen molar-refractivity contribution in [2.45, 2.75) is 24.0 Å². The zero-order valence-corrected chi connectivity index (χ0v) is 21.8. The number of hydrogen-bond donors (Lipinski definition) is 3. The van der Waals surface area contributed by atoms with Crippen LogP contribution in [0.25, 0.3) is 11.3 Å². The summed E-state index contributed by atoms with van der Waals surface area (Å²) in [5.41, 5.74) is 6.98. The maximum absolute atomic E-state index is 13.4. The third kappa shape index (κ3) is 7.44. The van der Waals surface area contributed by atoms with E-state index in [1.165, 1.54) is 24.3 Å². The number of carbonyl (C=O) groups is 1. The Bertz CT molecular complexity index is 1610. The Kier molecular flexibility index (Phi) is 8.52. The van der Waals surface area contributed by atoms with E-state index in [2.05, 4.69) is 10.3 Å². The smallest absolute Gasteiger partial charge is 0.416 e. The van der Waals surface area contributed by atoms with Crippen LogP contribution in [0.3, 0.4) is 0 Å². The Morgan fingerprint density at radius 3 is 2.27 bits per heavy atom. The average molecular weight is 571 g/mol. The maximum atomic E-state index is 13.4. The molecule has 0 radical (unpaired) electrons. The largest absolute Gasteiger partial charge is 0.457 e. The molecule has 0 atom stereocenters. The molecule has 8 nitrogen and oxygen atoms in total. The van der Waals surface area contributed by atoms with E-state index in [4.69, 9.17) is 15.6 Å². The Hall–Kier alpha value is -4.26. The van der Waals surface area contributed by atoms with Crippen molar-refractivity contribution in [2.24, 2.45) is 10.9 Å². The van der Waals surface area contributed by atoms with Crippen LogP contribution in [-0.4, -0.2) is 25.9 Å². The van der Waals surface area contributed by atoms with Crippen LogP contribution in [0.2, 0.25) is 0 Å². The minimum atomic E-state index is -4.52. The molecule has 1 amide bonds. The average Bonchev–Trinajstić information content (AvgIpc) is 2.91. The first kappa shape index (κ1) is 28.7. The number of primary sulfonamides is 1. The lowest BCUT2D eigenvalue weighted by Gasteiger charge is -2.15. The zero-order chi connectivity index (χ0) is 28.9. The molecule has 40 heavy (non-hydrogen) atoms. The van der Waals surface area contributed by atoms with Gasteiger partial charge in [-0.05, 0) is 85.3 Å². The maximum Gasteiger partial charge on any atom is 0.416 e. The monoisotopic (exact) mass is 570 g/mol. The number of halogens is 3. The molecule has 5 N–H and O–H groups in total. The Morgan fingerprint density at radius 2 is 1.65 bits per heavy atom. The van der Waals surface area contributed by atoms with Gasteiger partial charge >= 0.3 is 6.18 Å². The van der Waals surface area contributed by atoms with Gasteiger partial charge in [0.1, 0.15) is 17.2 Å². The zero-order valence-electron chi connectivity index (χ0n) is 21.0. The number of pyridine rings is 1. The molecule has 0 unspecified atom stereocenters. The molecule has 4 aromatic rings. The first-order valence-electron chi connectivity index (χ1n) is 12.0. The van der Waals surface area contributed by atoms with E-state index in [0.29, 0.717) is 35.5 Å². The molecule has 1 heterocycles. The van der Waals surface area contributed by atoms with Crippen molar-refractivity contribution < 1.29 is 31.1 Å². The normalized spacial score (nSPS) is 11.8. The van der Waals surface area contributed by atoms with Gasteiger partial charge in [0.15, 0.2) is 0 Å². The standard InChI is InChI=1S/C28H25F3N4O4S/c29-28(30,31)21-8-13-26(20(16-21)17-34-15-14-18-4-11-23(12-5-18)40(33,37)38)39-22-9-6-19(7-10-22)24-2-1-3-25(35-24)27(32)36/h1-13,16,34H,14-15,17H2,(H2,32,36)(H2,33,37,38). The molecule has 12 heteroatoms. The number of hydrogen-bond acceptors (Lipinski definition) is 6. The first-order valence-corrected chi connectivity index (χ1v) is 13.5. The third-order valence-electron chi connectivity index (χ3n) is 5.93. The van der Waals surface area contributed by atoms with Crippen LogP contribution >= 0.6 is 0 Å². The summed E-state index contributed by atoms with van der Waals surface area (Å²) >= 11 is 0. The highest BCUT2D eigenvalue weighted by Gasteiger charge is 2.31. The lowest BCUT2D eigenvalue weighted by atomic mass is 10.1. The lowest BCUT2D eigenvalue weighted by Crippen LogP contribution is -2.18. The predicted molar refractivity (Wildman–Crippen MR) is 143 cm³/mol. The van der Waals surface area contributed by atoms with Crippen molar-refractivity contribution in [3.63, 3.8) is 0 Å². The number of sulfonamides is 1. The molecule has 0 aliphatic heterocycles. The van der Waals surface area contributed by atoms with Crippen molar-refractivity contribution in [3.05, 3.63) is 107 Å². The van der Waals surface area contributed by atoms with Crippen LogP contribution in [0.1, 0.15) is 27.2 Å². The summed E-state index contributed by atoms with van der Waals surface area (Å²) in [5.74, 6) is -0.00411. The highest BCUT2D eigenvalue weighted by atomic mass is 32.2. The Labute approximate surface area is 228 Å². The quantitative estimate of drug-likeness (QED) is 0.238. The van der Waals surface area contributed by atoms with E-state index in [1.807, 2.05) is 0 Å². The highest BCUT2D eigenvalue weighted by Crippen LogP contribution is 2.34. The van der Waals surface area contributed by atoms with Gasteiger partial charge in [-0.15, -0.1) is 0 Å². The number of nitrogens with two attached hydrogens (primary N) is 2. The van der Waals surface area contributed by atoms with E-state index in [9.17, 15) is 26.4 Å². The van der Waals surface area contributed by atoms with E-state index >= 15 is 0 Å². The van der Waals surface area contributed by atoms with Crippen LogP contribution in [0.5, 0.6) is 11.5 Å². The van der Waals surface area contributed by atoms with E-state index < -0.39 is 27.7 Å². The SMILES string of the molecule is NC(=O)c1cccc(-c2ccc(Oc3ccc(C(F)(F)F)cc3CNCCc3ccc(S(N)(=O)=O)cc3)cc2)n1. The molecule has 3 aromatic carbocycles. The molecule has 0 fully saturated rings. The molecule has 208 valence electrons. The molecule has 0 aliphatic rings. The molecular formula is C28H25F3N4O4S. The molecule has 0 saturated carbocycles. The number of nitrogens with one attached hydrogen (secondary N) is 1. The summed E-state index contributed by atoms with van der Waals surface area (Å²) in [6.45, 7) is 0.507. The summed E-state index contributed by atoms with van der Waals surface area (Å²) in [6.07, 6.45) is -4.01. The highest BCUT2D eigenvalue weighted by molar-refractivity contribution is 7.89. The summed E-state index contributed by atoms with van der Waals surface area (Å²) in [4.78, 5) is 15.6. The number of amides is 1. The number of ether oxygens (including phenoxy) is 1. The number of aromatic nitrogens is 1. The molecule has 0 aliphatic carbocycles. The number of benzene rings is 3. The molecule has 0 spiro atoms. The van der Waals surface area contributed by atoms with Gasteiger partial charge < -0.3 is 15.8 Å². The number of rotatable bonds is 10. The minimum absolute atomic E-state index is 0.00144. The molecule has 4 rings (SSSR count). The van der Waals surface area contributed by atoms with E-state index in [0.717, 1.165) is 17.7 Å². The first-order chi connectivity index (χ1) is 18.9. The van der Waals surface area contributed by atoms with Gasteiger partial charge in [0.25, 0.3) is 5.91 Å². The molecule has 0 saturated heterocycles. The molecule has 1 aromatic heterocycles. The van der Waals surface area contributed by atoms with Gasteiger partial charge in [-0.3, -0.25) is 4.79 Å². The van der Waals surface area contributed by atoms with Crippen molar-refractivity contribution >= 4 is 15.9 Å². The second kappa shape index (κ2) is 11.9. The lowest BCUT2D eigenvalue weighted by molar-refractivity contribution is -0.137. The number of alkyl halides is 3. The summed E-state index contributed by atoms with van der Waals surface area (Å²) < 4.78 is 68.9. The third-order valence-corrected chi connectivity index (χ3v) is 6.85. The number of carbonyl (C=O) groups excluding carboxylic acids is 1. The van der Waals surface area contributed by atoms with Crippen molar-refractivity contribution in [1.29, 1.82) is 0 Å². The summed E-state index contributed by atoms with van der Waals surface area (Å²) in [6, 6.07) is 20.9. The van der Waals surface area contributed by atoms with Gasteiger partial charge in [-0.1, -0.05) is 18.2 Å². The fraction of sp³-hybridized carbons (Fsp3) is 0.143. The van der Waals surface area contributed by atoms with Gasteiger partial charge in [0, 0.05) is 17.7 Å². The summed E-state index contributed by atoms with van der Waals surface area (Å²) in [5, 5.41) is 8.21. The van der Waals surface area contributed by atoms with Gasteiger partial charge in [0.2, 0.25) is 10.0 Å². The Morgan fingerprint density at radius 1 is 0.950 bits per heavy atom. The van der Waals surface area contributed by atoms with Crippen LogP contribution in [0, 0.1) is 0 Å². The molecule has 0 bridgehead atoms. The van der Waals surface area contributed by atoms with Gasteiger partial charge in [-0.25, -0.2) is 18.5 Å². The summed E-state index contributed by atoms with van der Waals surface area (Å²) in [7, 11) is -3.79. The van der Waals surface area contributed by atoms with Gasteiger partial charge in [-0.2, -0.15) is 13.2 Å². The van der Waals surface area contributed by atoms with E-state index in [-0.39, 0.29) is 22.9 Å². The van der Waals surface area contributed by atoms with Crippen LogP contribution in [0.15, 0.2) is 89.8 Å². The van der Waals surface area contributed by atoms with Crippen LogP contribution in [-0.2, 0) is 29.2 Å². The van der Waals surface area contributed by atoms with Crippen LogP contribution in [0.4, 0.5) is 13.2 Å². The van der Waals surface area contributed by atoms with Gasteiger partial charge in [0.05, 0.1) is 16.2 Å². The fourth-order valence-electron chi connectivity index (χ4n) is 3.85.